The molecule has 0 bridgehead atoms. The number of hydrogen-bond donors (Lipinski definition) is 1. The van der Waals surface area contributed by atoms with Crippen molar-refractivity contribution in [2.45, 2.75) is 59.2 Å². The van der Waals surface area contributed by atoms with Crippen molar-refractivity contribution in [1.82, 2.24) is 0 Å². The van der Waals surface area contributed by atoms with Gasteiger partial charge in [0.15, 0.2) is 0 Å². The maximum Gasteiger partial charge on any atom is 0.456 e. The molecule has 0 radical (unpaired) electrons. The average molecular weight is 290 g/mol. The molecule has 0 aromatic rings. The lowest BCUT2D eigenvalue weighted by Crippen LogP contribution is -2.61. The number of hydrogen-bond acceptors (Lipinski definition) is 2. The molecule has 114 valence electrons. The average Bonchev–Trinajstić information content (AvgIpc) is 2.12. The van der Waals surface area contributed by atoms with E-state index in [1.807, 2.05) is 0 Å². The van der Waals surface area contributed by atoms with Gasteiger partial charge in [-0.05, 0) is 13.8 Å². The Balaban J connectivity index is 5.86. The summed E-state index contributed by atoms with van der Waals surface area (Å²) < 4.78 is 64.7. The summed E-state index contributed by atoms with van der Waals surface area (Å²) in [5, 5.41) is 9.90. The molecule has 0 heterocycles. The van der Waals surface area contributed by atoms with E-state index in [2.05, 4.69) is 0 Å². The molecule has 0 aliphatic heterocycles. The molecule has 0 saturated heterocycles. The minimum absolute atomic E-state index is 0.842. The minimum atomic E-state index is -5.63. The second-order valence-corrected chi connectivity index (χ2v) is 6.21. The van der Waals surface area contributed by atoms with Crippen molar-refractivity contribution in [3.63, 3.8) is 0 Å². The Morgan fingerprint density at radius 3 is 1.32 bits per heavy atom. The smallest absolute Gasteiger partial charge is 0.390 e. The summed E-state index contributed by atoms with van der Waals surface area (Å²) in [6, 6.07) is 0. The van der Waals surface area contributed by atoms with E-state index >= 15 is 0 Å². The van der Waals surface area contributed by atoms with E-state index in [1.54, 1.807) is 0 Å². The van der Waals surface area contributed by atoms with E-state index in [1.165, 1.54) is 27.7 Å². The fraction of sp³-hybridized carbons (Fsp3) is 0.917. The Kier molecular flexibility index (Phi) is 4.23. The monoisotopic (exact) mass is 290 g/mol. The maximum atomic E-state index is 13.9. The maximum absolute atomic E-state index is 13.9. The largest absolute Gasteiger partial charge is 0.456 e. The van der Waals surface area contributed by atoms with Crippen LogP contribution >= 0.6 is 0 Å². The first-order valence-corrected chi connectivity index (χ1v) is 5.62. The van der Waals surface area contributed by atoms with Gasteiger partial charge in [-0.15, -0.1) is 0 Å². The van der Waals surface area contributed by atoms with Crippen LogP contribution in [0.15, 0.2) is 0 Å². The number of aliphatic hydroxyl groups is 1. The lowest BCUT2D eigenvalue weighted by atomic mass is 9.56. The SMILES string of the molecule is CC(C)(O)C(C)(C)C(C)(C)C(F)(F)C(=O)C(F)(F)F. The molecule has 0 atom stereocenters. The van der Waals surface area contributed by atoms with Gasteiger partial charge in [0, 0.05) is 10.8 Å². The van der Waals surface area contributed by atoms with E-state index in [0.717, 1.165) is 13.8 Å². The van der Waals surface area contributed by atoms with E-state index in [-0.39, 0.29) is 0 Å². The fourth-order valence-electron chi connectivity index (χ4n) is 1.62. The zero-order valence-electron chi connectivity index (χ0n) is 11.7. The molecule has 0 aromatic carbocycles. The van der Waals surface area contributed by atoms with Crippen LogP contribution < -0.4 is 0 Å². The van der Waals surface area contributed by atoms with E-state index in [9.17, 15) is 31.9 Å². The van der Waals surface area contributed by atoms with Gasteiger partial charge < -0.3 is 5.11 Å². The molecule has 0 saturated carbocycles. The van der Waals surface area contributed by atoms with Crippen LogP contribution in [0, 0.1) is 10.8 Å². The number of halogens is 5. The summed E-state index contributed by atoms with van der Waals surface area (Å²) >= 11 is 0. The lowest BCUT2D eigenvalue weighted by molar-refractivity contribution is -0.237. The third-order valence-electron chi connectivity index (χ3n) is 4.42. The molecule has 0 spiro atoms. The molecule has 0 rings (SSSR count). The fourth-order valence-corrected chi connectivity index (χ4v) is 1.62. The Bertz CT molecular complexity index is 361. The van der Waals surface area contributed by atoms with Crippen LogP contribution in [0.5, 0.6) is 0 Å². The van der Waals surface area contributed by atoms with Gasteiger partial charge in [-0.3, -0.25) is 4.79 Å². The zero-order valence-corrected chi connectivity index (χ0v) is 11.7. The zero-order chi connectivity index (χ0) is 16.1. The van der Waals surface area contributed by atoms with Gasteiger partial charge in [0.1, 0.15) is 0 Å². The highest BCUT2D eigenvalue weighted by molar-refractivity contribution is 5.91. The highest BCUT2D eigenvalue weighted by Crippen LogP contribution is 2.56. The van der Waals surface area contributed by atoms with Crippen molar-refractivity contribution < 1.29 is 31.9 Å². The normalized spacial score (nSPS) is 15.6. The lowest BCUT2D eigenvalue weighted by Gasteiger charge is -2.51. The van der Waals surface area contributed by atoms with E-state index in [0.29, 0.717) is 0 Å². The van der Waals surface area contributed by atoms with Crippen molar-refractivity contribution >= 4 is 5.78 Å². The summed E-state index contributed by atoms with van der Waals surface area (Å²) in [6.07, 6.45) is -5.63. The molecular formula is C12H19F5O2. The predicted molar refractivity (Wildman–Crippen MR) is 59.9 cm³/mol. The standard InChI is InChI=1S/C12H19F5O2/c1-8(2,10(5,6)19)9(3,4)11(13,14)7(18)12(15,16)17/h19H,1-6H3. The molecule has 1 N–H and O–H groups in total. The van der Waals surface area contributed by atoms with Gasteiger partial charge in [0.25, 0.3) is 0 Å². The van der Waals surface area contributed by atoms with Crippen LogP contribution in [0.1, 0.15) is 41.5 Å². The third kappa shape index (κ3) is 2.75. The predicted octanol–water partition coefficient (Wildman–Crippen LogP) is 3.58. The van der Waals surface area contributed by atoms with Crippen LogP contribution in [-0.4, -0.2) is 28.6 Å². The van der Waals surface area contributed by atoms with Gasteiger partial charge >= 0.3 is 17.9 Å². The molecule has 19 heavy (non-hydrogen) atoms. The number of rotatable bonds is 4. The molecular weight excluding hydrogens is 271 g/mol. The second kappa shape index (κ2) is 4.40. The molecule has 0 fully saturated rings. The molecule has 0 aliphatic carbocycles. The molecule has 0 aromatic heterocycles. The molecule has 2 nitrogen and oxygen atoms in total. The van der Waals surface area contributed by atoms with Crippen LogP contribution in [0.4, 0.5) is 22.0 Å². The van der Waals surface area contributed by atoms with E-state index < -0.39 is 34.3 Å². The van der Waals surface area contributed by atoms with Gasteiger partial charge in [0.2, 0.25) is 0 Å². The van der Waals surface area contributed by atoms with Crippen molar-refractivity contribution in [1.29, 1.82) is 0 Å². The molecule has 0 unspecified atom stereocenters. The van der Waals surface area contributed by atoms with Crippen molar-refractivity contribution in [3.05, 3.63) is 0 Å². The first kappa shape index (κ1) is 18.3. The molecule has 0 amide bonds. The number of ketones is 1. The van der Waals surface area contributed by atoms with Crippen LogP contribution in [-0.2, 0) is 4.79 Å². The number of carbonyl (C=O) groups is 1. The summed E-state index contributed by atoms with van der Waals surface area (Å²) in [7, 11) is 0. The Morgan fingerprint density at radius 1 is 0.789 bits per heavy atom. The van der Waals surface area contributed by atoms with Gasteiger partial charge in [-0.25, -0.2) is 0 Å². The second-order valence-electron chi connectivity index (χ2n) is 6.21. The third-order valence-corrected chi connectivity index (χ3v) is 4.42. The topological polar surface area (TPSA) is 37.3 Å². The van der Waals surface area contributed by atoms with Crippen molar-refractivity contribution in [2.24, 2.45) is 10.8 Å². The Hall–Kier alpha value is -0.720. The number of alkyl halides is 5. The van der Waals surface area contributed by atoms with Crippen molar-refractivity contribution in [2.75, 3.05) is 0 Å². The quantitative estimate of drug-likeness (QED) is 0.804. The molecule has 7 heteroatoms. The summed E-state index contributed by atoms with van der Waals surface area (Å²) in [4.78, 5) is 10.9. The molecule has 0 aliphatic rings. The van der Waals surface area contributed by atoms with Crippen molar-refractivity contribution in [3.8, 4) is 0 Å². The minimum Gasteiger partial charge on any atom is -0.390 e. The Labute approximate surface area is 109 Å². The van der Waals surface area contributed by atoms with Gasteiger partial charge in [-0.1, -0.05) is 27.7 Å². The van der Waals surface area contributed by atoms with E-state index in [4.69, 9.17) is 0 Å². The van der Waals surface area contributed by atoms with Gasteiger partial charge in [0.05, 0.1) is 5.60 Å². The highest BCUT2D eigenvalue weighted by Gasteiger charge is 2.68. The first-order valence-electron chi connectivity index (χ1n) is 5.62. The van der Waals surface area contributed by atoms with Gasteiger partial charge in [-0.2, -0.15) is 22.0 Å². The number of Topliss-reactive ketones (excluding diaryl/α,β-unsaturated/α-hetero) is 1. The van der Waals surface area contributed by atoms with Crippen LogP contribution in [0.3, 0.4) is 0 Å². The number of carbonyl (C=O) groups excluding carboxylic acids is 1. The summed E-state index contributed by atoms with van der Waals surface area (Å²) in [5.74, 6) is -7.74. The van der Waals surface area contributed by atoms with Crippen LogP contribution in [0.25, 0.3) is 0 Å². The Morgan fingerprint density at radius 2 is 1.11 bits per heavy atom. The summed E-state index contributed by atoms with van der Waals surface area (Å²) in [5.41, 5.74) is -5.75. The van der Waals surface area contributed by atoms with Crippen LogP contribution in [0.2, 0.25) is 0 Å². The first-order chi connectivity index (χ1) is 7.90. The highest BCUT2D eigenvalue weighted by atomic mass is 19.4. The summed E-state index contributed by atoms with van der Waals surface area (Å²) in [6.45, 7) is 6.50.